The Morgan fingerprint density at radius 3 is 2.50 bits per heavy atom. The summed E-state index contributed by atoms with van der Waals surface area (Å²) in [6, 6.07) is 0.262. The third-order valence-electron chi connectivity index (χ3n) is 3.47. The molecule has 5 heteroatoms. The Morgan fingerprint density at radius 1 is 1.15 bits per heavy atom. The van der Waals surface area contributed by atoms with Gasteiger partial charge in [-0.05, 0) is 34.6 Å². The van der Waals surface area contributed by atoms with Crippen LogP contribution in [0, 0.1) is 27.7 Å². The van der Waals surface area contributed by atoms with E-state index in [1.807, 2.05) is 20.0 Å². The molecule has 0 fully saturated rings. The number of hydrogen-bond acceptors (Lipinski definition) is 5. The van der Waals surface area contributed by atoms with Gasteiger partial charge in [-0.25, -0.2) is 15.0 Å². The molecule has 2 aromatic rings. The van der Waals surface area contributed by atoms with Crippen LogP contribution in [-0.2, 0) is 6.42 Å². The highest BCUT2D eigenvalue weighted by atomic mass is 32.1. The molecule has 1 N–H and O–H groups in total. The van der Waals surface area contributed by atoms with Crippen LogP contribution in [-0.4, -0.2) is 21.5 Å². The number of aryl methyl sites for hydroxylation is 4. The largest absolute Gasteiger partial charge is 0.310 e. The van der Waals surface area contributed by atoms with Crippen molar-refractivity contribution >= 4 is 11.3 Å². The summed E-state index contributed by atoms with van der Waals surface area (Å²) in [5.41, 5.74) is 3.38. The van der Waals surface area contributed by atoms with Crippen molar-refractivity contribution in [2.24, 2.45) is 0 Å². The Morgan fingerprint density at radius 2 is 1.90 bits per heavy atom. The van der Waals surface area contributed by atoms with Gasteiger partial charge in [0.25, 0.3) is 0 Å². The Kier molecular flexibility index (Phi) is 4.83. The smallest absolute Gasteiger partial charge is 0.125 e. The van der Waals surface area contributed by atoms with Gasteiger partial charge >= 0.3 is 0 Å². The molecule has 2 aromatic heterocycles. The Bertz CT molecular complexity index is 572. The fraction of sp³-hybridized carbons (Fsp3) is 0.533. The van der Waals surface area contributed by atoms with E-state index >= 15 is 0 Å². The van der Waals surface area contributed by atoms with Crippen molar-refractivity contribution in [1.82, 2.24) is 20.3 Å². The molecule has 1 atom stereocenters. The monoisotopic (exact) mass is 290 g/mol. The molecule has 2 rings (SSSR count). The SMILES string of the molecule is Cc1ncc(C(C)NCCc2nc(C)c(C)s2)c(C)n1. The van der Waals surface area contributed by atoms with E-state index in [1.165, 1.54) is 15.4 Å². The summed E-state index contributed by atoms with van der Waals surface area (Å²) in [6.07, 6.45) is 2.89. The van der Waals surface area contributed by atoms with Crippen molar-refractivity contribution in [1.29, 1.82) is 0 Å². The van der Waals surface area contributed by atoms with E-state index in [0.717, 1.165) is 30.2 Å². The van der Waals surface area contributed by atoms with Gasteiger partial charge in [0, 0.05) is 41.3 Å². The zero-order valence-electron chi connectivity index (χ0n) is 12.8. The van der Waals surface area contributed by atoms with Crippen LogP contribution in [0.2, 0.25) is 0 Å². The van der Waals surface area contributed by atoms with Gasteiger partial charge in [0.1, 0.15) is 5.82 Å². The third kappa shape index (κ3) is 3.61. The molecule has 0 aromatic carbocycles. The molecule has 20 heavy (non-hydrogen) atoms. The molecule has 0 radical (unpaired) electrons. The molecular weight excluding hydrogens is 268 g/mol. The maximum atomic E-state index is 4.56. The number of rotatable bonds is 5. The van der Waals surface area contributed by atoms with E-state index in [4.69, 9.17) is 0 Å². The zero-order chi connectivity index (χ0) is 14.7. The predicted molar refractivity (Wildman–Crippen MR) is 83.2 cm³/mol. The highest BCUT2D eigenvalue weighted by molar-refractivity contribution is 7.11. The maximum Gasteiger partial charge on any atom is 0.125 e. The second-order valence-corrected chi connectivity index (χ2v) is 6.42. The molecular formula is C15H22N4S. The van der Waals surface area contributed by atoms with Crippen LogP contribution in [0.25, 0.3) is 0 Å². The average molecular weight is 290 g/mol. The van der Waals surface area contributed by atoms with Gasteiger partial charge in [-0.1, -0.05) is 0 Å². The van der Waals surface area contributed by atoms with Crippen LogP contribution < -0.4 is 5.32 Å². The van der Waals surface area contributed by atoms with Crippen LogP contribution in [0.1, 0.15) is 45.6 Å². The van der Waals surface area contributed by atoms with Gasteiger partial charge in [0.15, 0.2) is 0 Å². The highest BCUT2D eigenvalue weighted by Gasteiger charge is 2.10. The van der Waals surface area contributed by atoms with Crippen LogP contribution in [0.15, 0.2) is 6.20 Å². The standard InChI is InChI=1S/C15H22N4S/c1-9-12(4)20-15(19-9)6-7-16-10(2)14-8-17-13(5)18-11(14)3/h8,10,16H,6-7H2,1-5H3. The normalized spacial score (nSPS) is 12.7. The third-order valence-corrected chi connectivity index (χ3v) is 4.60. The Balaban J connectivity index is 1.90. The molecule has 0 aliphatic carbocycles. The fourth-order valence-corrected chi connectivity index (χ4v) is 3.10. The van der Waals surface area contributed by atoms with Gasteiger partial charge in [-0.3, -0.25) is 0 Å². The summed E-state index contributed by atoms with van der Waals surface area (Å²) in [6.45, 7) is 11.2. The number of nitrogens with zero attached hydrogens (tertiary/aromatic N) is 3. The van der Waals surface area contributed by atoms with E-state index in [-0.39, 0.29) is 6.04 Å². The van der Waals surface area contributed by atoms with E-state index in [1.54, 1.807) is 11.3 Å². The van der Waals surface area contributed by atoms with Crippen LogP contribution in [0.4, 0.5) is 0 Å². The summed E-state index contributed by atoms with van der Waals surface area (Å²) < 4.78 is 0. The lowest BCUT2D eigenvalue weighted by atomic mass is 10.1. The first-order chi connectivity index (χ1) is 9.47. The predicted octanol–water partition coefficient (Wildman–Crippen LogP) is 3.06. The highest BCUT2D eigenvalue weighted by Crippen LogP contribution is 2.18. The molecule has 1 unspecified atom stereocenters. The lowest BCUT2D eigenvalue weighted by Gasteiger charge is -2.15. The van der Waals surface area contributed by atoms with E-state index < -0.39 is 0 Å². The summed E-state index contributed by atoms with van der Waals surface area (Å²) in [5, 5.41) is 4.73. The van der Waals surface area contributed by atoms with Gasteiger partial charge in [-0.15, -0.1) is 11.3 Å². The molecule has 2 heterocycles. The topological polar surface area (TPSA) is 50.7 Å². The molecule has 0 spiro atoms. The second-order valence-electron chi connectivity index (χ2n) is 5.13. The lowest BCUT2D eigenvalue weighted by Crippen LogP contribution is -2.22. The van der Waals surface area contributed by atoms with Crippen molar-refractivity contribution in [3.8, 4) is 0 Å². The van der Waals surface area contributed by atoms with E-state index in [9.17, 15) is 0 Å². The molecule has 0 bridgehead atoms. The summed E-state index contributed by atoms with van der Waals surface area (Å²) in [4.78, 5) is 14.6. The van der Waals surface area contributed by atoms with Crippen molar-refractivity contribution in [2.75, 3.05) is 6.54 Å². The molecule has 108 valence electrons. The minimum Gasteiger partial charge on any atom is -0.310 e. The number of thiazole rings is 1. The minimum absolute atomic E-state index is 0.262. The Labute approximate surface area is 124 Å². The molecule has 4 nitrogen and oxygen atoms in total. The van der Waals surface area contributed by atoms with Crippen molar-refractivity contribution < 1.29 is 0 Å². The molecule has 0 saturated heterocycles. The number of aromatic nitrogens is 3. The summed E-state index contributed by atoms with van der Waals surface area (Å²) in [5.74, 6) is 0.826. The molecule has 0 amide bonds. The van der Waals surface area contributed by atoms with Crippen molar-refractivity contribution in [3.05, 3.63) is 38.9 Å². The van der Waals surface area contributed by atoms with Crippen molar-refractivity contribution in [2.45, 2.75) is 47.1 Å². The fourth-order valence-electron chi connectivity index (χ4n) is 2.17. The number of hydrogen-bond donors (Lipinski definition) is 1. The van der Waals surface area contributed by atoms with Gasteiger partial charge < -0.3 is 5.32 Å². The van der Waals surface area contributed by atoms with Crippen LogP contribution >= 0.6 is 11.3 Å². The maximum absolute atomic E-state index is 4.56. The Hall–Kier alpha value is -1.33. The van der Waals surface area contributed by atoms with Crippen molar-refractivity contribution in [3.63, 3.8) is 0 Å². The first kappa shape index (κ1) is 15.1. The van der Waals surface area contributed by atoms with E-state index in [2.05, 4.69) is 41.0 Å². The van der Waals surface area contributed by atoms with Crippen LogP contribution in [0.3, 0.4) is 0 Å². The quantitative estimate of drug-likeness (QED) is 0.919. The van der Waals surface area contributed by atoms with Crippen LogP contribution in [0.5, 0.6) is 0 Å². The van der Waals surface area contributed by atoms with Gasteiger partial charge in [-0.2, -0.15) is 0 Å². The summed E-state index contributed by atoms with van der Waals surface area (Å²) in [7, 11) is 0. The van der Waals surface area contributed by atoms with Gasteiger partial charge in [0.05, 0.1) is 10.7 Å². The average Bonchev–Trinajstić information content (AvgIpc) is 2.68. The van der Waals surface area contributed by atoms with E-state index in [0.29, 0.717) is 0 Å². The zero-order valence-corrected chi connectivity index (χ0v) is 13.6. The first-order valence-electron chi connectivity index (χ1n) is 6.93. The minimum atomic E-state index is 0.262. The number of nitrogens with one attached hydrogen (secondary N) is 1. The molecule has 0 aliphatic heterocycles. The summed E-state index contributed by atoms with van der Waals surface area (Å²) >= 11 is 1.79. The first-order valence-corrected chi connectivity index (χ1v) is 7.75. The second kappa shape index (κ2) is 6.41. The van der Waals surface area contributed by atoms with Gasteiger partial charge in [0.2, 0.25) is 0 Å². The molecule has 0 aliphatic rings. The lowest BCUT2D eigenvalue weighted by molar-refractivity contribution is 0.568. The molecule has 0 saturated carbocycles.